The average molecular weight is 383 g/mol. The fraction of sp³-hybridized carbons (Fsp3) is 0.565. The van der Waals surface area contributed by atoms with E-state index in [0.29, 0.717) is 25.6 Å². The third kappa shape index (κ3) is 3.91. The van der Waals surface area contributed by atoms with Crippen LogP contribution < -0.4 is 0 Å². The minimum Gasteiger partial charge on any atom is -0.378 e. The summed E-state index contributed by atoms with van der Waals surface area (Å²) in [4.78, 5) is 30.0. The Balaban J connectivity index is 1.45. The summed E-state index contributed by atoms with van der Waals surface area (Å²) in [6.07, 6.45) is 3.80. The zero-order valence-electron chi connectivity index (χ0n) is 16.7. The number of hydrogen-bond acceptors (Lipinski definition) is 4. The number of ketones is 1. The van der Waals surface area contributed by atoms with E-state index in [2.05, 4.69) is 11.8 Å². The molecule has 5 heteroatoms. The van der Waals surface area contributed by atoms with Gasteiger partial charge in [0, 0.05) is 37.7 Å². The fourth-order valence-electron chi connectivity index (χ4n) is 4.88. The molecule has 150 valence electrons. The maximum absolute atomic E-state index is 13.0. The van der Waals surface area contributed by atoms with Crippen LogP contribution in [0.3, 0.4) is 0 Å². The summed E-state index contributed by atoms with van der Waals surface area (Å²) in [6.45, 7) is 6.07. The molecule has 28 heavy (non-hydrogen) atoms. The highest BCUT2D eigenvalue weighted by atomic mass is 16.5. The third-order valence-corrected chi connectivity index (χ3v) is 6.35. The number of carbonyl (C=O) groups is 2. The lowest BCUT2D eigenvalue weighted by atomic mass is 9.99. The molecule has 0 spiro atoms. The van der Waals surface area contributed by atoms with E-state index in [1.807, 2.05) is 35.2 Å². The molecule has 3 aliphatic rings. The van der Waals surface area contributed by atoms with E-state index in [1.54, 1.807) is 0 Å². The maximum Gasteiger partial charge on any atom is 0.227 e. The molecule has 0 saturated carbocycles. The van der Waals surface area contributed by atoms with Gasteiger partial charge >= 0.3 is 0 Å². The number of rotatable bonds is 5. The molecule has 2 aliphatic heterocycles. The Morgan fingerprint density at radius 1 is 1.14 bits per heavy atom. The minimum absolute atomic E-state index is 0.0796. The van der Waals surface area contributed by atoms with Crippen molar-refractivity contribution >= 4 is 17.3 Å². The molecule has 2 atom stereocenters. The van der Waals surface area contributed by atoms with Crippen molar-refractivity contribution in [2.45, 2.75) is 51.1 Å². The van der Waals surface area contributed by atoms with E-state index < -0.39 is 0 Å². The molecule has 0 radical (unpaired) electrons. The molecule has 2 saturated heterocycles. The van der Waals surface area contributed by atoms with Crippen molar-refractivity contribution in [1.82, 2.24) is 9.80 Å². The van der Waals surface area contributed by atoms with Gasteiger partial charge in [-0.2, -0.15) is 0 Å². The van der Waals surface area contributed by atoms with Crippen LogP contribution in [0.4, 0.5) is 0 Å². The number of fused-ring (bicyclic) bond motifs is 1. The lowest BCUT2D eigenvalue weighted by molar-refractivity contribution is -0.139. The summed E-state index contributed by atoms with van der Waals surface area (Å²) in [5.74, 6) is 0.214. The van der Waals surface area contributed by atoms with Gasteiger partial charge in [0.25, 0.3) is 0 Å². The highest BCUT2D eigenvalue weighted by Gasteiger charge is 2.37. The van der Waals surface area contributed by atoms with Crippen LogP contribution in [0.1, 0.15) is 44.6 Å². The second kappa shape index (κ2) is 8.58. The molecule has 4 rings (SSSR count). The van der Waals surface area contributed by atoms with Crippen molar-refractivity contribution in [2.24, 2.45) is 0 Å². The number of Topliss-reactive ketones (excluding diaryl/α,β-unsaturated/α-hetero) is 1. The molecule has 1 amide bonds. The first kappa shape index (κ1) is 19.3. The quantitative estimate of drug-likeness (QED) is 0.786. The Kier molecular flexibility index (Phi) is 5.93. The van der Waals surface area contributed by atoms with Gasteiger partial charge in [0.1, 0.15) is 0 Å². The molecule has 1 aromatic carbocycles. The zero-order valence-corrected chi connectivity index (χ0v) is 16.7. The summed E-state index contributed by atoms with van der Waals surface area (Å²) >= 11 is 0. The van der Waals surface area contributed by atoms with Crippen molar-refractivity contribution in [3.05, 3.63) is 41.5 Å². The van der Waals surface area contributed by atoms with Crippen LogP contribution in [0.2, 0.25) is 0 Å². The van der Waals surface area contributed by atoms with E-state index in [4.69, 9.17) is 4.74 Å². The van der Waals surface area contributed by atoms with Gasteiger partial charge in [-0.05, 0) is 24.0 Å². The largest absolute Gasteiger partial charge is 0.378 e. The van der Waals surface area contributed by atoms with Gasteiger partial charge in [0.05, 0.1) is 25.7 Å². The SMILES string of the molecule is CCC[C@H]1COC[C@H]2CN(C(=O)CC3=C(c4ccccc4)CCC3=O)CCN12. The predicted octanol–water partition coefficient (Wildman–Crippen LogP) is 2.90. The Labute approximate surface area is 167 Å². The molecular formula is C23H30N2O3. The lowest BCUT2D eigenvalue weighted by Gasteiger charge is -2.48. The number of carbonyl (C=O) groups excluding carboxylic acids is 2. The third-order valence-electron chi connectivity index (χ3n) is 6.35. The smallest absolute Gasteiger partial charge is 0.227 e. The highest BCUT2D eigenvalue weighted by molar-refractivity contribution is 6.10. The maximum atomic E-state index is 13.0. The summed E-state index contributed by atoms with van der Waals surface area (Å²) in [5, 5.41) is 0. The van der Waals surface area contributed by atoms with E-state index in [1.165, 1.54) is 0 Å². The first-order chi connectivity index (χ1) is 13.7. The van der Waals surface area contributed by atoms with E-state index in [0.717, 1.165) is 55.7 Å². The Morgan fingerprint density at radius 2 is 1.96 bits per heavy atom. The monoisotopic (exact) mass is 382 g/mol. The van der Waals surface area contributed by atoms with Crippen LogP contribution >= 0.6 is 0 Å². The van der Waals surface area contributed by atoms with Gasteiger partial charge < -0.3 is 9.64 Å². The van der Waals surface area contributed by atoms with Crippen LogP contribution in [-0.2, 0) is 14.3 Å². The first-order valence-electron chi connectivity index (χ1n) is 10.6. The normalized spacial score (nSPS) is 25.9. The molecule has 0 unspecified atom stereocenters. The van der Waals surface area contributed by atoms with Gasteiger partial charge in [0.15, 0.2) is 5.78 Å². The topological polar surface area (TPSA) is 49.9 Å². The van der Waals surface area contributed by atoms with E-state index >= 15 is 0 Å². The lowest BCUT2D eigenvalue weighted by Crippen LogP contribution is -2.62. The minimum atomic E-state index is 0.0796. The molecule has 0 N–H and O–H groups in total. The van der Waals surface area contributed by atoms with Crippen molar-refractivity contribution in [2.75, 3.05) is 32.8 Å². The number of benzene rings is 1. The fourth-order valence-corrected chi connectivity index (χ4v) is 4.88. The number of allylic oxidation sites excluding steroid dienone is 1. The van der Waals surface area contributed by atoms with Crippen LogP contribution in [0.15, 0.2) is 35.9 Å². The van der Waals surface area contributed by atoms with E-state index in [-0.39, 0.29) is 24.2 Å². The molecule has 1 aromatic rings. The van der Waals surface area contributed by atoms with Crippen molar-refractivity contribution in [3.8, 4) is 0 Å². The summed E-state index contributed by atoms with van der Waals surface area (Å²) in [5.41, 5.74) is 2.85. The average Bonchev–Trinajstić information content (AvgIpc) is 3.09. The van der Waals surface area contributed by atoms with Crippen LogP contribution in [-0.4, -0.2) is 66.4 Å². The van der Waals surface area contributed by atoms with Crippen molar-refractivity contribution in [3.63, 3.8) is 0 Å². The molecule has 2 fully saturated rings. The second-order valence-corrected chi connectivity index (χ2v) is 8.13. The van der Waals surface area contributed by atoms with Gasteiger partial charge in [0.2, 0.25) is 5.91 Å². The van der Waals surface area contributed by atoms with Gasteiger partial charge in [-0.1, -0.05) is 43.7 Å². The number of amides is 1. The summed E-state index contributed by atoms with van der Waals surface area (Å²) < 4.78 is 5.81. The standard InChI is InChI=1S/C23H30N2O3/c1-2-6-18-15-28-16-19-14-24(11-12-25(18)19)23(27)13-21-20(9-10-22(21)26)17-7-4-3-5-8-17/h3-5,7-8,18-19H,2,6,9-16H2,1H3/t18-,19+/m0/s1. The van der Waals surface area contributed by atoms with Crippen molar-refractivity contribution < 1.29 is 14.3 Å². The van der Waals surface area contributed by atoms with Crippen molar-refractivity contribution in [1.29, 1.82) is 0 Å². The van der Waals surface area contributed by atoms with Crippen LogP contribution in [0.25, 0.3) is 5.57 Å². The number of hydrogen-bond donors (Lipinski definition) is 0. The first-order valence-corrected chi connectivity index (χ1v) is 10.6. The molecular weight excluding hydrogens is 352 g/mol. The molecule has 2 heterocycles. The van der Waals surface area contributed by atoms with Gasteiger partial charge in [-0.15, -0.1) is 0 Å². The van der Waals surface area contributed by atoms with Crippen LogP contribution in [0, 0.1) is 0 Å². The Bertz CT molecular complexity index is 756. The molecule has 1 aliphatic carbocycles. The number of morpholine rings is 1. The molecule has 0 bridgehead atoms. The number of nitrogens with zero attached hydrogens (tertiary/aromatic N) is 2. The highest BCUT2D eigenvalue weighted by Crippen LogP contribution is 2.34. The molecule has 0 aromatic heterocycles. The number of piperazine rings is 1. The Morgan fingerprint density at radius 3 is 2.75 bits per heavy atom. The molecule has 5 nitrogen and oxygen atoms in total. The zero-order chi connectivity index (χ0) is 19.5. The van der Waals surface area contributed by atoms with Crippen LogP contribution in [0.5, 0.6) is 0 Å². The summed E-state index contributed by atoms with van der Waals surface area (Å²) in [7, 11) is 0. The number of ether oxygens (including phenoxy) is 1. The van der Waals surface area contributed by atoms with Gasteiger partial charge in [-0.3, -0.25) is 14.5 Å². The summed E-state index contributed by atoms with van der Waals surface area (Å²) in [6, 6.07) is 10.8. The second-order valence-electron chi connectivity index (χ2n) is 8.13. The van der Waals surface area contributed by atoms with Gasteiger partial charge in [-0.25, -0.2) is 0 Å². The Hall–Kier alpha value is -1.98. The predicted molar refractivity (Wildman–Crippen MR) is 109 cm³/mol. The van der Waals surface area contributed by atoms with E-state index in [9.17, 15) is 9.59 Å².